The number of anilines is 2. The molecule has 3 rings (SSSR count). The number of thiazole rings is 1. The zero-order valence-corrected chi connectivity index (χ0v) is 14.8. The molecule has 7 heteroatoms. The molecule has 2 N–H and O–H groups in total. The van der Waals surface area contributed by atoms with Gasteiger partial charge in [0.25, 0.3) is 0 Å². The van der Waals surface area contributed by atoms with Gasteiger partial charge < -0.3 is 10.6 Å². The van der Waals surface area contributed by atoms with Crippen LogP contribution in [0.3, 0.4) is 0 Å². The molecule has 2 amide bonds. The summed E-state index contributed by atoms with van der Waals surface area (Å²) in [4.78, 5) is 27.7. The van der Waals surface area contributed by atoms with Crippen LogP contribution in [-0.2, 0) is 16.0 Å². The number of amides is 2. The predicted molar refractivity (Wildman–Crippen MR) is 101 cm³/mol. The summed E-state index contributed by atoms with van der Waals surface area (Å²) in [5.41, 5.74) is 2.59. The molecule has 0 radical (unpaired) electrons. The molecule has 0 saturated carbocycles. The molecule has 132 valence electrons. The van der Waals surface area contributed by atoms with E-state index in [0.717, 1.165) is 10.6 Å². The van der Waals surface area contributed by atoms with Crippen molar-refractivity contribution < 1.29 is 14.0 Å². The molecule has 26 heavy (non-hydrogen) atoms. The van der Waals surface area contributed by atoms with Gasteiger partial charge in [0.05, 0.1) is 12.1 Å². The molecular weight excluding hydrogens is 353 g/mol. The number of hydrogen-bond donors (Lipinski definition) is 2. The van der Waals surface area contributed by atoms with Gasteiger partial charge in [-0.2, -0.15) is 0 Å². The minimum absolute atomic E-state index is 0.0956. The van der Waals surface area contributed by atoms with Crippen LogP contribution in [0.4, 0.5) is 15.8 Å². The molecule has 0 atom stereocenters. The lowest BCUT2D eigenvalue weighted by atomic mass is 10.2. The lowest BCUT2D eigenvalue weighted by molar-refractivity contribution is -0.116. The Balaban J connectivity index is 1.68. The number of rotatable bonds is 5. The van der Waals surface area contributed by atoms with Gasteiger partial charge in [-0.05, 0) is 30.3 Å². The second kappa shape index (κ2) is 7.88. The van der Waals surface area contributed by atoms with Crippen LogP contribution in [0.25, 0.3) is 10.6 Å². The highest BCUT2D eigenvalue weighted by atomic mass is 32.1. The lowest BCUT2D eigenvalue weighted by Gasteiger charge is -2.04. The smallest absolute Gasteiger partial charge is 0.230 e. The Hall–Kier alpha value is -3.06. The maximum Gasteiger partial charge on any atom is 0.230 e. The molecule has 0 fully saturated rings. The van der Waals surface area contributed by atoms with E-state index < -0.39 is 5.82 Å². The second-order valence-corrected chi connectivity index (χ2v) is 6.50. The quantitative estimate of drug-likeness (QED) is 0.712. The first-order chi connectivity index (χ1) is 12.5. The van der Waals surface area contributed by atoms with Crippen LogP contribution in [0.5, 0.6) is 0 Å². The molecule has 0 unspecified atom stereocenters. The number of carbonyl (C=O) groups is 2. The second-order valence-electron chi connectivity index (χ2n) is 5.64. The normalized spacial score (nSPS) is 10.4. The summed E-state index contributed by atoms with van der Waals surface area (Å²) >= 11 is 1.42. The van der Waals surface area contributed by atoms with Crippen molar-refractivity contribution in [2.45, 2.75) is 13.3 Å². The molecule has 0 saturated heterocycles. The molecule has 0 aliphatic carbocycles. The molecule has 0 aliphatic heterocycles. The number of halogens is 1. The lowest BCUT2D eigenvalue weighted by Crippen LogP contribution is -2.14. The first-order valence-corrected chi connectivity index (χ1v) is 8.75. The molecule has 2 aromatic carbocycles. The van der Waals surface area contributed by atoms with Gasteiger partial charge in [0.2, 0.25) is 11.8 Å². The maximum atomic E-state index is 13.2. The molecule has 0 bridgehead atoms. The van der Waals surface area contributed by atoms with E-state index in [1.165, 1.54) is 36.5 Å². The molecule has 0 spiro atoms. The van der Waals surface area contributed by atoms with Gasteiger partial charge in [0.15, 0.2) is 0 Å². The van der Waals surface area contributed by atoms with Crippen molar-refractivity contribution in [3.05, 3.63) is 65.4 Å². The van der Waals surface area contributed by atoms with Crippen molar-refractivity contribution >= 4 is 34.5 Å². The van der Waals surface area contributed by atoms with Gasteiger partial charge in [-0.3, -0.25) is 9.59 Å². The first kappa shape index (κ1) is 17.8. The van der Waals surface area contributed by atoms with Crippen LogP contribution in [0.15, 0.2) is 53.9 Å². The maximum absolute atomic E-state index is 13.2. The summed E-state index contributed by atoms with van der Waals surface area (Å²) in [5.74, 6) is -0.812. The van der Waals surface area contributed by atoms with E-state index >= 15 is 0 Å². The zero-order valence-electron chi connectivity index (χ0n) is 14.0. The molecule has 0 aliphatic rings. The van der Waals surface area contributed by atoms with Gasteiger partial charge in [-0.1, -0.05) is 18.2 Å². The van der Waals surface area contributed by atoms with E-state index in [4.69, 9.17) is 0 Å². The van der Waals surface area contributed by atoms with Crippen LogP contribution < -0.4 is 10.6 Å². The average Bonchev–Trinajstić information content (AvgIpc) is 3.03. The summed E-state index contributed by atoms with van der Waals surface area (Å²) in [6.45, 7) is 1.45. The van der Waals surface area contributed by atoms with Gasteiger partial charge in [0.1, 0.15) is 10.8 Å². The van der Waals surface area contributed by atoms with Crippen LogP contribution in [0.1, 0.15) is 12.6 Å². The monoisotopic (exact) mass is 369 g/mol. The SMILES string of the molecule is CC(=O)Nc1cccc(-c2nc(CC(=O)Nc3cccc(F)c3)cs2)c1. The highest BCUT2D eigenvalue weighted by Crippen LogP contribution is 2.26. The fraction of sp³-hybridized carbons (Fsp3) is 0.105. The number of nitrogens with one attached hydrogen (secondary N) is 2. The molecule has 5 nitrogen and oxygen atoms in total. The van der Waals surface area contributed by atoms with Crippen LogP contribution in [0, 0.1) is 5.82 Å². The average molecular weight is 369 g/mol. The third-order valence-electron chi connectivity index (χ3n) is 3.43. The summed E-state index contributed by atoms with van der Waals surface area (Å²) in [6, 6.07) is 13.1. The topological polar surface area (TPSA) is 71.1 Å². The molecule has 1 heterocycles. The Kier molecular flexibility index (Phi) is 5.38. The van der Waals surface area contributed by atoms with Crippen LogP contribution in [-0.4, -0.2) is 16.8 Å². The number of benzene rings is 2. The van der Waals surface area contributed by atoms with E-state index in [9.17, 15) is 14.0 Å². The number of aromatic nitrogens is 1. The predicted octanol–water partition coefficient (Wildman–Crippen LogP) is 4.09. The molecule has 3 aromatic rings. The van der Waals surface area contributed by atoms with Crippen molar-refractivity contribution in [2.24, 2.45) is 0 Å². The van der Waals surface area contributed by atoms with E-state index in [-0.39, 0.29) is 18.2 Å². The van der Waals surface area contributed by atoms with Crippen molar-refractivity contribution in [1.82, 2.24) is 4.98 Å². The summed E-state index contributed by atoms with van der Waals surface area (Å²) in [6.07, 6.45) is 0.0956. The molecular formula is C19H16FN3O2S. The Morgan fingerprint density at radius 1 is 1.08 bits per heavy atom. The highest BCUT2D eigenvalue weighted by molar-refractivity contribution is 7.13. The van der Waals surface area contributed by atoms with Crippen LogP contribution in [0.2, 0.25) is 0 Å². The number of carbonyl (C=O) groups excluding carboxylic acids is 2. The summed E-state index contributed by atoms with van der Waals surface area (Å²) in [7, 11) is 0. The number of nitrogens with zero attached hydrogens (tertiary/aromatic N) is 1. The van der Waals surface area contributed by atoms with Crippen molar-refractivity contribution in [1.29, 1.82) is 0 Å². The minimum atomic E-state index is -0.405. The van der Waals surface area contributed by atoms with Crippen LogP contribution >= 0.6 is 11.3 Å². The van der Waals surface area contributed by atoms with Gasteiger partial charge >= 0.3 is 0 Å². The zero-order chi connectivity index (χ0) is 18.5. The Bertz CT molecular complexity index is 955. The first-order valence-electron chi connectivity index (χ1n) is 7.87. The Morgan fingerprint density at radius 3 is 2.54 bits per heavy atom. The fourth-order valence-electron chi connectivity index (χ4n) is 2.39. The van der Waals surface area contributed by atoms with Crippen molar-refractivity contribution in [3.8, 4) is 10.6 Å². The summed E-state index contributed by atoms with van der Waals surface area (Å²) in [5, 5.41) is 7.94. The highest BCUT2D eigenvalue weighted by Gasteiger charge is 2.10. The van der Waals surface area contributed by atoms with E-state index in [1.807, 2.05) is 23.6 Å². The fourth-order valence-corrected chi connectivity index (χ4v) is 3.21. The third-order valence-corrected chi connectivity index (χ3v) is 4.37. The minimum Gasteiger partial charge on any atom is -0.326 e. The van der Waals surface area contributed by atoms with Gasteiger partial charge in [-0.15, -0.1) is 11.3 Å². The van der Waals surface area contributed by atoms with E-state index in [0.29, 0.717) is 17.1 Å². The van der Waals surface area contributed by atoms with Crippen molar-refractivity contribution in [2.75, 3.05) is 10.6 Å². The van der Waals surface area contributed by atoms with Gasteiger partial charge in [-0.25, -0.2) is 9.37 Å². The molecule has 1 aromatic heterocycles. The van der Waals surface area contributed by atoms with Gasteiger partial charge in [0, 0.05) is 29.2 Å². The standard InChI is InChI=1S/C19H16FN3O2S/c1-12(24)21-15-6-2-4-13(8-15)19-23-17(11-26-19)10-18(25)22-16-7-3-5-14(20)9-16/h2-9,11H,10H2,1H3,(H,21,24)(H,22,25). The van der Waals surface area contributed by atoms with Crippen molar-refractivity contribution in [3.63, 3.8) is 0 Å². The van der Waals surface area contributed by atoms with E-state index in [1.54, 1.807) is 12.1 Å². The Morgan fingerprint density at radius 2 is 1.81 bits per heavy atom. The van der Waals surface area contributed by atoms with E-state index in [2.05, 4.69) is 15.6 Å². The number of hydrogen-bond acceptors (Lipinski definition) is 4. The summed E-state index contributed by atoms with van der Waals surface area (Å²) < 4.78 is 13.2. The Labute approximate surface area is 153 Å². The third kappa shape index (κ3) is 4.73. The largest absolute Gasteiger partial charge is 0.326 e.